The monoisotopic (exact) mass is 319 g/mol. The van der Waals surface area contributed by atoms with E-state index in [2.05, 4.69) is 9.84 Å². The quantitative estimate of drug-likeness (QED) is 0.664. The summed E-state index contributed by atoms with van der Waals surface area (Å²) in [5.41, 5.74) is 0.596. The third kappa shape index (κ3) is 7.34. The number of hydrogen-bond donors (Lipinski definition) is 3. The van der Waals surface area contributed by atoms with E-state index in [0.717, 1.165) is 0 Å². The minimum Gasteiger partial charge on any atom is -0.350 e. The second kappa shape index (κ2) is 7.66. The van der Waals surface area contributed by atoms with Gasteiger partial charge in [-0.3, -0.25) is 9.32 Å². The number of hydrogen-bond acceptors (Lipinski definition) is 3. The van der Waals surface area contributed by atoms with Gasteiger partial charge in [0.15, 0.2) is 0 Å². The number of phosphoric ester groups is 1. The molecule has 1 amide bonds. The van der Waals surface area contributed by atoms with E-state index in [1.807, 2.05) is 0 Å². The smallest absolute Gasteiger partial charge is 0.350 e. The fraction of sp³-hybridized carbons (Fsp3) is 0.462. The molecule has 1 aromatic rings. The molecular weight excluding hydrogens is 300 g/mol. The Labute approximate surface area is 122 Å². The van der Waals surface area contributed by atoms with Crippen molar-refractivity contribution in [2.24, 2.45) is 5.92 Å². The Hall–Kier alpha value is -1.27. The molecule has 0 saturated heterocycles. The molecule has 0 aromatic heterocycles. The maximum absolute atomic E-state index is 13.1. The third-order valence-corrected chi connectivity index (χ3v) is 3.17. The van der Waals surface area contributed by atoms with Crippen molar-refractivity contribution < 1.29 is 28.1 Å². The van der Waals surface area contributed by atoms with E-state index in [0.29, 0.717) is 5.56 Å². The number of carbonyl (C=O) groups is 1. The van der Waals surface area contributed by atoms with Crippen LogP contribution < -0.4 is 5.32 Å². The van der Waals surface area contributed by atoms with E-state index in [-0.39, 0.29) is 24.9 Å². The van der Waals surface area contributed by atoms with Gasteiger partial charge in [0.05, 0.1) is 12.6 Å². The van der Waals surface area contributed by atoms with Gasteiger partial charge < -0.3 is 15.1 Å². The van der Waals surface area contributed by atoms with Gasteiger partial charge in [-0.2, -0.15) is 0 Å². The van der Waals surface area contributed by atoms with Crippen LogP contribution in [0.5, 0.6) is 0 Å². The lowest BCUT2D eigenvalue weighted by Gasteiger charge is -2.20. The van der Waals surface area contributed by atoms with Gasteiger partial charge >= 0.3 is 7.82 Å². The Morgan fingerprint density at radius 1 is 1.43 bits per heavy atom. The van der Waals surface area contributed by atoms with Crippen molar-refractivity contribution in [2.75, 3.05) is 6.61 Å². The molecule has 1 rings (SSSR count). The number of halogens is 1. The molecule has 0 bridgehead atoms. The molecule has 1 atom stereocenters. The van der Waals surface area contributed by atoms with E-state index in [1.165, 1.54) is 18.2 Å². The first kappa shape index (κ1) is 17.8. The lowest BCUT2D eigenvalue weighted by Crippen LogP contribution is -2.41. The molecule has 0 radical (unpaired) electrons. The molecule has 0 unspecified atom stereocenters. The van der Waals surface area contributed by atoms with E-state index in [4.69, 9.17) is 9.79 Å². The van der Waals surface area contributed by atoms with Crippen LogP contribution in [-0.4, -0.2) is 28.3 Å². The molecule has 1 aromatic carbocycles. The molecular formula is C13H19FNO5P. The molecule has 0 spiro atoms. The van der Waals surface area contributed by atoms with Gasteiger partial charge in [0.25, 0.3) is 0 Å². The zero-order valence-corrected chi connectivity index (χ0v) is 12.7. The third-order valence-electron chi connectivity index (χ3n) is 2.69. The van der Waals surface area contributed by atoms with Crippen LogP contribution in [0.15, 0.2) is 24.3 Å². The first-order valence-corrected chi connectivity index (χ1v) is 7.95. The van der Waals surface area contributed by atoms with Crippen molar-refractivity contribution in [3.8, 4) is 0 Å². The number of amides is 1. The molecule has 0 saturated carbocycles. The summed E-state index contributed by atoms with van der Waals surface area (Å²) in [5, 5.41) is 2.63. The van der Waals surface area contributed by atoms with Crippen LogP contribution in [0.3, 0.4) is 0 Å². The molecule has 0 fully saturated rings. The molecule has 0 heterocycles. The van der Waals surface area contributed by atoms with Crippen LogP contribution in [0.2, 0.25) is 0 Å². The summed E-state index contributed by atoms with van der Waals surface area (Å²) >= 11 is 0. The SMILES string of the molecule is CC(C)C(=O)N[C@@H](COP(=O)(O)O)Cc1cccc(F)c1. The molecule has 0 aliphatic heterocycles. The molecule has 8 heteroatoms. The number of benzene rings is 1. The van der Waals surface area contributed by atoms with Crippen LogP contribution in [-0.2, 0) is 20.3 Å². The fourth-order valence-electron chi connectivity index (χ4n) is 1.65. The van der Waals surface area contributed by atoms with Crippen LogP contribution in [0.4, 0.5) is 4.39 Å². The maximum Gasteiger partial charge on any atom is 0.469 e. The zero-order valence-electron chi connectivity index (χ0n) is 11.8. The summed E-state index contributed by atoms with van der Waals surface area (Å²) in [6, 6.07) is 5.11. The normalized spacial score (nSPS) is 13.2. The summed E-state index contributed by atoms with van der Waals surface area (Å²) < 4.78 is 28.3. The van der Waals surface area contributed by atoms with Crippen molar-refractivity contribution in [1.29, 1.82) is 0 Å². The average Bonchev–Trinajstić information content (AvgIpc) is 2.35. The highest BCUT2D eigenvalue weighted by Crippen LogP contribution is 2.35. The molecule has 21 heavy (non-hydrogen) atoms. The highest BCUT2D eigenvalue weighted by molar-refractivity contribution is 7.46. The zero-order chi connectivity index (χ0) is 16.0. The number of rotatable bonds is 7. The van der Waals surface area contributed by atoms with Crippen LogP contribution in [0.25, 0.3) is 0 Å². The van der Waals surface area contributed by atoms with Crippen molar-refractivity contribution in [2.45, 2.75) is 26.3 Å². The number of nitrogens with one attached hydrogen (secondary N) is 1. The van der Waals surface area contributed by atoms with Crippen molar-refractivity contribution in [3.63, 3.8) is 0 Å². The molecule has 6 nitrogen and oxygen atoms in total. The van der Waals surface area contributed by atoms with Gasteiger partial charge in [0.1, 0.15) is 5.82 Å². The second-order valence-corrected chi connectivity index (χ2v) is 6.22. The van der Waals surface area contributed by atoms with Crippen LogP contribution in [0.1, 0.15) is 19.4 Å². The number of carbonyl (C=O) groups excluding carboxylic acids is 1. The minimum absolute atomic E-state index is 0.205. The second-order valence-electron chi connectivity index (χ2n) is 4.98. The van der Waals surface area contributed by atoms with Gasteiger partial charge in [0.2, 0.25) is 5.91 Å². The maximum atomic E-state index is 13.1. The molecule has 3 N–H and O–H groups in total. The number of phosphoric acid groups is 1. The van der Waals surface area contributed by atoms with Crippen molar-refractivity contribution in [3.05, 3.63) is 35.6 Å². The van der Waals surface area contributed by atoms with Gasteiger partial charge in [-0.25, -0.2) is 8.96 Å². The largest absolute Gasteiger partial charge is 0.469 e. The predicted octanol–water partition coefficient (Wildman–Crippen LogP) is 1.62. The highest BCUT2D eigenvalue weighted by Gasteiger charge is 2.21. The Balaban J connectivity index is 2.75. The van der Waals surface area contributed by atoms with Gasteiger partial charge in [0, 0.05) is 5.92 Å². The summed E-state index contributed by atoms with van der Waals surface area (Å²) in [7, 11) is -4.63. The van der Waals surface area contributed by atoms with Crippen LogP contribution >= 0.6 is 7.82 Å². The Bertz CT molecular complexity index is 531. The van der Waals surface area contributed by atoms with Gasteiger partial charge in [-0.05, 0) is 24.1 Å². The Morgan fingerprint density at radius 2 is 2.10 bits per heavy atom. The summed E-state index contributed by atoms with van der Waals surface area (Å²) in [4.78, 5) is 29.2. The van der Waals surface area contributed by atoms with E-state index >= 15 is 0 Å². The Morgan fingerprint density at radius 3 is 2.62 bits per heavy atom. The van der Waals surface area contributed by atoms with Crippen molar-refractivity contribution >= 4 is 13.7 Å². The lowest BCUT2D eigenvalue weighted by molar-refractivity contribution is -0.125. The summed E-state index contributed by atoms with van der Waals surface area (Å²) in [6.45, 7) is 3.02. The van der Waals surface area contributed by atoms with Gasteiger partial charge in [-0.1, -0.05) is 26.0 Å². The topological polar surface area (TPSA) is 95.9 Å². The van der Waals surface area contributed by atoms with Crippen molar-refractivity contribution in [1.82, 2.24) is 5.32 Å². The van der Waals surface area contributed by atoms with E-state index in [1.54, 1.807) is 19.9 Å². The summed E-state index contributed by atoms with van der Waals surface area (Å²) in [5.74, 6) is -0.974. The minimum atomic E-state index is -4.63. The predicted molar refractivity (Wildman–Crippen MR) is 74.9 cm³/mol. The fourth-order valence-corrected chi connectivity index (χ4v) is 2.03. The van der Waals surface area contributed by atoms with E-state index < -0.39 is 19.7 Å². The molecule has 118 valence electrons. The van der Waals surface area contributed by atoms with E-state index in [9.17, 15) is 13.8 Å². The summed E-state index contributed by atoms with van der Waals surface area (Å²) in [6.07, 6.45) is 0.205. The lowest BCUT2D eigenvalue weighted by atomic mass is 10.1. The molecule has 0 aliphatic rings. The van der Waals surface area contributed by atoms with Gasteiger partial charge in [-0.15, -0.1) is 0 Å². The average molecular weight is 319 g/mol. The highest BCUT2D eigenvalue weighted by atomic mass is 31.2. The first-order valence-electron chi connectivity index (χ1n) is 6.42. The van der Waals surface area contributed by atoms with Crippen LogP contribution in [0, 0.1) is 11.7 Å². The molecule has 0 aliphatic carbocycles. The standard InChI is InChI=1S/C13H19FNO5P/c1-9(2)13(16)15-12(8-20-21(17,18)19)7-10-4-3-5-11(14)6-10/h3-6,9,12H,7-8H2,1-2H3,(H,15,16)(H2,17,18,19)/t12-/m1/s1. The Kier molecular flexibility index (Phi) is 6.48. The first-order chi connectivity index (χ1) is 9.67.